The summed E-state index contributed by atoms with van der Waals surface area (Å²) in [5.41, 5.74) is 5.55. The van der Waals surface area contributed by atoms with Gasteiger partial charge in [0.1, 0.15) is 10.7 Å². The first-order chi connectivity index (χ1) is 13.6. The van der Waals surface area contributed by atoms with Crippen molar-refractivity contribution in [2.45, 2.75) is 32.1 Å². The lowest BCUT2D eigenvalue weighted by Crippen LogP contribution is -2.39. The molecule has 4 rings (SSSR count). The van der Waals surface area contributed by atoms with E-state index in [4.69, 9.17) is 4.98 Å². The highest BCUT2D eigenvalue weighted by Gasteiger charge is 2.28. The van der Waals surface area contributed by atoms with Gasteiger partial charge in [-0.05, 0) is 49.6 Å². The molecule has 0 saturated carbocycles. The Kier molecular flexibility index (Phi) is 5.48. The van der Waals surface area contributed by atoms with Gasteiger partial charge in [0.05, 0.1) is 11.2 Å². The molecule has 1 amide bonds. The number of aromatic nitrogens is 2. The number of carbonyl (C=O) groups is 1. The summed E-state index contributed by atoms with van der Waals surface area (Å²) in [6.07, 6.45) is 2.67. The van der Waals surface area contributed by atoms with Crippen LogP contribution in [-0.4, -0.2) is 33.9 Å². The van der Waals surface area contributed by atoms with Crippen LogP contribution >= 0.6 is 11.3 Å². The lowest BCUT2D eigenvalue weighted by Gasteiger charge is -2.32. The van der Waals surface area contributed by atoms with Gasteiger partial charge in [-0.1, -0.05) is 18.2 Å². The smallest absolute Gasteiger partial charge is 0.265 e. The van der Waals surface area contributed by atoms with Gasteiger partial charge in [0.15, 0.2) is 0 Å². The topological polar surface area (TPSA) is 46.1 Å². The van der Waals surface area contributed by atoms with Crippen LogP contribution in [0.4, 0.5) is 4.39 Å². The molecule has 1 fully saturated rings. The van der Waals surface area contributed by atoms with Crippen LogP contribution in [0.15, 0.2) is 48.0 Å². The molecule has 0 radical (unpaired) electrons. The highest BCUT2D eigenvalue weighted by molar-refractivity contribution is 7.11. The summed E-state index contributed by atoms with van der Waals surface area (Å²) in [6, 6.07) is 12.6. The van der Waals surface area contributed by atoms with Gasteiger partial charge in [-0.3, -0.25) is 9.78 Å². The minimum atomic E-state index is -0.228. The van der Waals surface area contributed by atoms with E-state index in [9.17, 15) is 9.18 Å². The molecular weight excluding hydrogens is 373 g/mol. The molecule has 0 aliphatic carbocycles. The molecule has 6 heteroatoms. The van der Waals surface area contributed by atoms with Gasteiger partial charge in [0.25, 0.3) is 5.91 Å². The Balaban J connectivity index is 1.48. The van der Waals surface area contributed by atoms with Gasteiger partial charge in [-0.2, -0.15) is 0 Å². The van der Waals surface area contributed by atoms with E-state index in [0.717, 1.165) is 46.9 Å². The molecule has 28 heavy (non-hydrogen) atoms. The average molecular weight is 396 g/mol. The number of benzene rings is 1. The highest BCUT2D eigenvalue weighted by Crippen LogP contribution is 2.28. The standard InChI is InChI=1S/C22H22FN3OS/c1-15-21(28-14-24-15)22(27)26-11-3-4-17(13-26)20-6-2-5-19(25-20)12-16-7-9-18(23)10-8-16/h2,5-10,14,17H,3-4,11-13H2,1H3/t17-/m0/s1. The molecule has 3 aromatic rings. The van der Waals surface area contributed by atoms with Crippen molar-refractivity contribution in [1.29, 1.82) is 0 Å². The lowest BCUT2D eigenvalue weighted by molar-refractivity contribution is 0.0710. The number of likely N-dealkylation sites (tertiary alicyclic amines) is 1. The molecule has 1 aromatic carbocycles. The Bertz CT molecular complexity index is 970. The van der Waals surface area contributed by atoms with Gasteiger partial charge in [0.2, 0.25) is 0 Å². The Morgan fingerprint density at radius 1 is 1.25 bits per heavy atom. The number of nitrogens with zero attached hydrogens (tertiary/aromatic N) is 3. The summed E-state index contributed by atoms with van der Waals surface area (Å²) in [7, 11) is 0. The van der Waals surface area contributed by atoms with Crippen molar-refractivity contribution in [3.05, 3.63) is 81.3 Å². The van der Waals surface area contributed by atoms with Gasteiger partial charge >= 0.3 is 0 Å². The second-order valence-electron chi connectivity index (χ2n) is 7.21. The second kappa shape index (κ2) is 8.19. The fourth-order valence-electron chi connectivity index (χ4n) is 3.69. The first-order valence-corrected chi connectivity index (χ1v) is 10.4. The fourth-order valence-corrected chi connectivity index (χ4v) is 4.46. The Hall–Kier alpha value is -2.60. The van der Waals surface area contributed by atoms with Crippen LogP contribution < -0.4 is 0 Å². The molecule has 2 aromatic heterocycles. The number of carbonyl (C=O) groups excluding carboxylic acids is 1. The second-order valence-corrected chi connectivity index (χ2v) is 8.07. The number of hydrogen-bond acceptors (Lipinski definition) is 4. The molecule has 0 unspecified atom stereocenters. The minimum absolute atomic E-state index is 0.0761. The van der Waals surface area contributed by atoms with Crippen molar-refractivity contribution in [3.63, 3.8) is 0 Å². The summed E-state index contributed by atoms with van der Waals surface area (Å²) in [5, 5.41) is 0. The van der Waals surface area contributed by atoms with Gasteiger partial charge in [-0.25, -0.2) is 9.37 Å². The number of pyridine rings is 1. The summed E-state index contributed by atoms with van der Waals surface area (Å²) >= 11 is 1.41. The third-order valence-corrected chi connectivity index (χ3v) is 6.11. The number of halogens is 1. The summed E-state index contributed by atoms with van der Waals surface area (Å²) < 4.78 is 13.1. The van der Waals surface area contributed by atoms with E-state index in [-0.39, 0.29) is 17.6 Å². The van der Waals surface area contributed by atoms with Crippen LogP contribution in [0.1, 0.15) is 51.1 Å². The molecule has 1 saturated heterocycles. The van der Waals surface area contributed by atoms with E-state index in [2.05, 4.69) is 4.98 Å². The van der Waals surface area contributed by atoms with Crippen LogP contribution in [0.25, 0.3) is 0 Å². The summed E-state index contributed by atoms with van der Waals surface area (Å²) in [4.78, 5) is 24.6. The van der Waals surface area contributed by atoms with Crippen molar-refractivity contribution in [3.8, 4) is 0 Å². The van der Waals surface area contributed by atoms with Crippen molar-refractivity contribution >= 4 is 17.2 Å². The molecule has 144 valence electrons. The predicted molar refractivity (Wildman–Crippen MR) is 108 cm³/mol. The van der Waals surface area contributed by atoms with Crippen molar-refractivity contribution in [2.24, 2.45) is 0 Å². The summed E-state index contributed by atoms with van der Waals surface area (Å²) in [6.45, 7) is 3.34. The largest absolute Gasteiger partial charge is 0.337 e. The maximum atomic E-state index is 13.1. The molecule has 4 nitrogen and oxygen atoms in total. The number of aryl methyl sites for hydroxylation is 1. The van der Waals surface area contributed by atoms with E-state index in [1.807, 2.05) is 30.0 Å². The number of rotatable bonds is 4. The third kappa shape index (κ3) is 4.12. The fraction of sp³-hybridized carbons (Fsp3) is 0.318. The number of hydrogen-bond donors (Lipinski definition) is 0. The number of thiazole rings is 1. The van der Waals surface area contributed by atoms with Crippen LogP contribution in [0.2, 0.25) is 0 Å². The van der Waals surface area contributed by atoms with E-state index < -0.39 is 0 Å². The lowest BCUT2D eigenvalue weighted by atomic mass is 9.93. The average Bonchev–Trinajstić information content (AvgIpc) is 3.15. The molecule has 3 heterocycles. The van der Waals surface area contributed by atoms with Gasteiger partial charge in [-0.15, -0.1) is 11.3 Å². The van der Waals surface area contributed by atoms with E-state index >= 15 is 0 Å². The SMILES string of the molecule is Cc1ncsc1C(=O)N1CCC[C@H](c2cccc(Cc3ccc(F)cc3)n2)C1. The highest BCUT2D eigenvalue weighted by atomic mass is 32.1. The Morgan fingerprint density at radius 2 is 2.07 bits per heavy atom. The zero-order valence-electron chi connectivity index (χ0n) is 15.8. The predicted octanol–water partition coefficient (Wildman–Crippen LogP) is 4.60. The molecular formula is C22H22FN3OS. The van der Waals surface area contributed by atoms with E-state index in [1.165, 1.54) is 23.5 Å². The quantitative estimate of drug-likeness (QED) is 0.649. The first-order valence-electron chi connectivity index (χ1n) is 9.50. The van der Waals surface area contributed by atoms with Crippen LogP contribution in [0.5, 0.6) is 0 Å². The van der Waals surface area contributed by atoms with Crippen LogP contribution in [0, 0.1) is 12.7 Å². The van der Waals surface area contributed by atoms with Crippen molar-refractivity contribution in [1.82, 2.24) is 14.9 Å². The number of amides is 1. The minimum Gasteiger partial charge on any atom is -0.337 e. The normalized spacial score (nSPS) is 16.9. The molecule has 1 atom stereocenters. The Morgan fingerprint density at radius 3 is 2.82 bits per heavy atom. The maximum Gasteiger partial charge on any atom is 0.265 e. The molecule has 0 spiro atoms. The zero-order chi connectivity index (χ0) is 19.5. The molecule has 0 N–H and O–H groups in total. The van der Waals surface area contributed by atoms with E-state index in [0.29, 0.717) is 13.0 Å². The number of piperidine rings is 1. The molecule has 1 aliphatic rings. The van der Waals surface area contributed by atoms with Gasteiger partial charge < -0.3 is 4.90 Å². The van der Waals surface area contributed by atoms with Crippen molar-refractivity contribution in [2.75, 3.05) is 13.1 Å². The first kappa shape index (κ1) is 18.7. The van der Waals surface area contributed by atoms with Gasteiger partial charge in [0, 0.05) is 36.8 Å². The van der Waals surface area contributed by atoms with Crippen LogP contribution in [-0.2, 0) is 6.42 Å². The zero-order valence-corrected chi connectivity index (χ0v) is 16.6. The summed E-state index contributed by atoms with van der Waals surface area (Å²) in [5.74, 6) is 0.0832. The Labute approximate surface area is 168 Å². The maximum absolute atomic E-state index is 13.1. The van der Waals surface area contributed by atoms with E-state index in [1.54, 1.807) is 17.6 Å². The monoisotopic (exact) mass is 395 g/mol. The van der Waals surface area contributed by atoms with Crippen molar-refractivity contribution < 1.29 is 9.18 Å². The molecule has 0 bridgehead atoms. The molecule has 1 aliphatic heterocycles. The third-order valence-electron chi connectivity index (χ3n) is 5.19. The van der Waals surface area contributed by atoms with Crippen LogP contribution in [0.3, 0.4) is 0 Å².